The lowest BCUT2D eigenvalue weighted by atomic mass is 10.0. The van der Waals surface area contributed by atoms with E-state index in [1.807, 2.05) is 45.0 Å². The molecular formula is C16H22O3S. The van der Waals surface area contributed by atoms with Gasteiger partial charge in [-0.15, -0.1) is 11.8 Å². The van der Waals surface area contributed by atoms with E-state index in [0.717, 1.165) is 10.5 Å². The third kappa shape index (κ3) is 5.00. The Morgan fingerprint density at radius 3 is 2.25 bits per heavy atom. The summed E-state index contributed by atoms with van der Waals surface area (Å²) < 4.78 is 4.77. The summed E-state index contributed by atoms with van der Waals surface area (Å²) in [4.78, 5) is 24.4. The van der Waals surface area contributed by atoms with E-state index in [4.69, 9.17) is 4.74 Å². The number of hydrogen-bond acceptors (Lipinski definition) is 4. The van der Waals surface area contributed by atoms with Gasteiger partial charge >= 0.3 is 5.97 Å². The molecule has 0 aliphatic heterocycles. The Labute approximate surface area is 125 Å². The topological polar surface area (TPSA) is 43.4 Å². The second kappa shape index (κ2) is 8.10. The number of rotatable bonds is 7. The van der Waals surface area contributed by atoms with Gasteiger partial charge in [-0.3, -0.25) is 9.59 Å². The van der Waals surface area contributed by atoms with Crippen LogP contribution in [0.2, 0.25) is 0 Å². The molecule has 0 N–H and O–H groups in total. The van der Waals surface area contributed by atoms with Crippen molar-refractivity contribution in [2.45, 2.75) is 43.8 Å². The molecule has 0 fully saturated rings. The maximum atomic E-state index is 11.9. The molecule has 0 aliphatic carbocycles. The van der Waals surface area contributed by atoms with Crippen molar-refractivity contribution in [2.75, 3.05) is 7.11 Å². The Kier molecular flexibility index (Phi) is 6.79. The lowest BCUT2D eigenvalue weighted by molar-refractivity contribution is -0.140. The van der Waals surface area contributed by atoms with Crippen molar-refractivity contribution in [3.63, 3.8) is 0 Å². The van der Waals surface area contributed by atoms with Crippen LogP contribution in [0, 0.1) is 5.92 Å². The van der Waals surface area contributed by atoms with Crippen LogP contribution >= 0.6 is 11.8 Å². The second-order valence-corrected chi connectivity index (χ2v) is 6.36. The number of hydrogen-bond donors (Lipinski definition) is 0. The van der Waals surface area contributed by atoms with Crippen molar-refractivity contribution in [1.29, 1.82) is 0 Å². The van der Waals surface area contributed by atoms with Gasteiger partial charge in [-0.05, 0) is 24.5 Å². The summed E-state index contributed by atoms with van der Waals surface area (Å²) >= 11 is 1.47. The van der Waals surface area contributed by atoms with Crippen LogP contribution in [0.5, 0.6) is 0 Å². The minimum Gasteiger partial charge on any atom is -0.468 e. The van der Waals surface area contributed by atoms with Crippen molar-refractivity contribution in [3.05, 3.63) is 29.8 Å². The average molecular weight is 294 g/mol. The lowest BCUT2D eigenvalue weighted by Crippen LogP contribution is -2.17. The normalized spacial score (nSPS) is 12.2. The van der Waals surface area contributed by atoms with Crippen LogP contribution in [0.3, 0.4) is 0 Å². The van der Waals surface area contributed by atoms with Crippen LogP contribution in [0.25, 0.3) is 0 Å². The first-order chi connectivity index (χ1) is 9.47. The van der Waals surface area contributed by atoms with Crippen LogP contribution < -0.4 is 0 Å². The number of Topliss-reactive ketones (excluding diaryl/α,β-unsaturated/α-hetero) is 1. The third-order valence-electron chi connectivity index (χ3n) is 2.88. The van der Waals surface area contributed by atoms with Gasteiger partial charge in [0, 0.05) is 16.9 Å². The molecule has 3 nitrogen and oxygen atoms in total. The molecule has 0 amide bonds. The molecule has 110 valence electrons. The quantitative estimate of drug-likeness (QED) is 0.434. The Morgan fingerprint density at radius 2 is 1.80 bits per heavy atom. The van der Waals surface area contributed by atoms with Crippen LogP contribution in [0.15, 0.2) is 29.2 Å². The molecule has 0 bridgehead atoms. The molecule has 0 heterocycles. The predicted molar refractivity (Wildman–Crippen MR) is 82.2 cm³/mol. The molecule has 1 atom stereocenters. The molecule has 1 rings (SSSR count). The van der Waals surface area contributed by atoms with Crippen LogP contribution in [0.4, 0.5) is 0 Å². The Bertz CT molecular complexity index is 451. The van der Waals surface area contributed by atoms with E-state index in [1.54, 1.807) is 0 Å². The number of methoxy groups -OCH3 is 1. The monoisotopic (exact) mass is 294 g/mol. The van der Waals surface area contributed by atoms with Crippen LogP contribution in [-0.2, 0) is 9.53 Å². The first-order valence-corrected chi connectivity index (χ1v) is 7.73. The zero-order chi connectivity index (χ0) is 15.1. The summed E-state index contributed by atoms with van der Waals surface area (Å²) in [6.07, 6.45) is 1.28. The van der Waals surface area contributed by atoms with E-state index in [1.165, 1.54) is 18.9 Å². The first kappa shape index (κ1) is 16.8. The summed E-state index contributed by atoms with van der Waals surface area (Å²) in [5.74, 6) is 0.314. The number of carbonyl (C=O) groups is 2. The fraction of sp³-hybridized carbons (Fsp3) is 0.500. The highest BCUT2D eigenvalue weighted by molar-refractivity contribution is 8.00. The molecule has 1 aromatic rings. The minimum absolute atomic E-state index is 0.163. The molecule has 0 saturated heterocycles. The van der Waals surface area contributed by atoms with Crippen molar-refractivity contribution >= 4 is 23.5 Å². The molecule has 0 aromatic heterocycles. The van der Waals surface area contributed by atoms with Gasteiger partial charge in [0.05, 0.1) is 7.11 Å². The van der Waals surface area contributed by atoms with Crippen molar-refractivity contribution in [1.82, 2.24) is 0 Å². The molecule has 0 saturated carbocycles. The smallest absolute Gasteiger partial charge is 0.319 e. The molecule has 0 radical (unpaired) electrons. The molecule has 1 unspecified atom stereocenters. The largest absolute Gasteiger partial charge is 0.468 e. The number of ketones is 1. The molecular weight excluding hydrogens is 272 g/mol. The lowest BCUT2D eigenvalue weighted by Gasteiger charge is -2.12. The van der Waals surface area contributed by atoms with E-state index < -0.39 is 0 Å². The molecule has 0 aliphatic rings. The third-order valence-corrected chi connectivity index (χ3v) is 4.24. The molecule has 0 spiro atoms. The van der Waals surface area contributed by atoms with E-state index in [0.29, 0.717) is 18.8 Å². The molecule has 1 aromatic carbocycles. The SMILES string of the molecule is CCC(Sc1ccc(C(=O)CC(C)C)cc1)C(=O)OC. The highest BCUT2D eigenvalue weighted by Crippen LogP contribution is 2.26. The summed E-state index contributed by atoms with van der Waals surface area (Å²) in [6.45, 7) is 6.02. The number of benzene rings is 1. The Hall–Kier alpha value is -1.29. The summed E-state index contributed by atoms with van der Waals surface area (Å²) in [7, 11) is 1.40. The zero-order valence-electron chi connectivity index (χ0n) is 12.5. The number of esters is 1. The molecule has 4 heteroatoms. The van der Waals surface area contributed by atoms with Gasteiger partial charge in [-0.25, -0.2) is 0 Å². The van der Waals surface area contributed by atoms with Crippen molar-refractivity contribution < 1.29 is 14.3 Å². The number of thioether (sulfide) groups is 1. The predicted octanol–water partition coefficient (Wildman–Crippen LogP) is 3.96. The van der Waals surface area contributed by atoms with Crippen LogP contribution in [0.1, 0.15) is 44.0 Å². The first-order valence-electron chi connectivity index (χ1n) is 6.85. The molecule has 20 heavy (non-hydrogen) atoms. The van der Waals surface area contributed by atoms with Crippen molar-refractivity contribution in [3.8, 4) is 0 Å². The standard InChI is InChI=1S/C16H22O3S/c1-5-15(16(18)19-4)20-13-8-6-12(7-9-13)14(17)10-11(2)3/h6-9,11,15H,5,10H2,1-4H3. The summed E-state index contributed by atoms with van der Waals surface area (Å²) in [5.41, 5.74) is 0.731. The van der Waals surface area contributed by atoms with Gasteiger partial charge < -0.3 is 4.74 Å². The zero-order valence-corrected chi connectivity index (χ0v) is 13.3. The van der Waals surface area contributed by atoms with E-state index in [2.05, 4.69) is 0 Å². The van der Waals surface area contributed by atoms with Gasteiger partial charge in [-0.1, -0.05) is 32.9 Å². The van der Waals surface area contributed by atoms with Gasteiger partial charge in [0.2, 0.25) is 0 Å². The second-order valence-electron chi connectivity index (χ2n) is 5.08. The van der Waals surface area contributed by atoms with E-state index in [9.17, 15) is 9.59 Å². The Balaban J connectivity index is 2.71. The summed E-state index contributed by atoms with van der Waals surface area (Å²) in [6, 6.07) is 7.45. The fourth-order valence-electron chi connectivity index (χ4n) is 1.80. The average Bonchev–Trinajstić information content (AvgIpc) is 2.43. The Morgan fingerprint density at radius 1 is 1.20 bits per heavy atom. The van der Waals surface area contributed by atoms with Crippen molar-refractivity contribution in [2.24, 2.45) is 5.92 Å². The fourth-order valence-corrected chi connectivity index (χ4v) is 2.78. The highest BCUT2D eigenvalue weighted by atomic mass is 32.2. The van der Waals surface area contributed by atoms with Crippen LogP contribution in [-0.4, -0.2) is 24.1 Å². The maximum Gasteiger partial charge on any atom is 0.319 e. The van der Waals surface area contributed by atoms with Gasteiger partial charge in [-0.2, -0.15) is 0 Å². The maximum absolute atomic E-state index is 11.9. The van der Waals surface area contributed by atoms with E-state index >= 15 is 0 Å². The number of carbonyl (C=O) groups excluding carboxylic acids is 2. The summed E-state index contributed by atoms with van der Waals surface area (Å²) in [5, 5.41) is -0.197. The minimum atomic E-state index is -0.211. The van der Waals surface area contributed by atoms with E-state index in [-0.39, 0.29) is 17.0 Å². The van der Waals surface area contributed by atoms with Gasteiger partial charge in [0.25, 0.3) is 0 Å². The highest BCUT2D eigenvalue weighted by Gasteiger charge is 2.18. The van der Waals surface area contributed by atoms with Gasteiger partial charge in [0.1, 0.15) is 5.25 Å². The van der Waals surface area contributed by atoms with Gasteiger partial charge in [0.15, 0.2) is 5.78 Å². The number of ether oxygens (including phenoxy) is 1.